The fraction of sp³-hybridized carbons (Fsp3) is 0.556. The Kier molecular flexibility index (Phi) is 6.76. The predicted octanol–water partition coefficient (Wildman–Crippen LogP) is 2.43. The van der Waals surface area contributed by atoms with E-state index in [1.54, 1.807) is 0 Å². The van der Waals surface area contributed by atoms with Gasteiger partial charge >= 0.3 is 5.97 Å². The molecule has 0 aromatic heterocycles. The maximum Gasteiger partial charge on any atom is 0.327 e. The number of hydrogen-bond acceptors (Lipinski definition) is 4. The van der Waals surface area contributed by atoms with Crippen LogP contribution in [0.2, 0.25) is 0 Å². The number of carbonyl (C=O) groups is 2. The highest BCUT2D eigenvalue weighted by Crippen LogP contribution is 2.17. The van der Waals surface area contributed by atoms with Crippen molar-refractivity contribution >= 4 is 11.9 Å². The normalized spacial score (nSPS) is 14.2. The Morgan fingerprint density at radius 1 is 1.09 bits per heavy atom. The summed E-state index contributed by atoms with van der Waals surface area (Å²) in [4.78, 5) is 24.7. The van der Waals surface area contributed by atoms with Crippen molar-refractivity contribution in [2.24, 2.45) is 5.92 Å². The zero-order chi connectivity index (χ0) is 17.6. The highest BCUT2D eigenvalue weighted by molar-refractivity contribution is 5.84. The van der Waals surface area contributed by atoms with Gasteiger partial charge in [0.15, 0.2) is 0 Å². The Balaban J connectivity index is 3.02. The van der Waals surface area contributed by atoms with Gasteiger partial charge in [-0.25, -0.2) is 4.79 Å². The number of methoxy groups -OCH3 is 1. The van der Waals surface area contributed by atoms with Crippen LogP contribution in [-0.2, 0) is 14.3 Å². The van der Waals surface area contributed by atoms with Crippen LogP contribution in [-0.4, -0.2) is 30.6 Å². The third-order valence-electron chi connectivity index (χ3n) is 3.36. The number of esters is 1. The molecule has 1 aromatic rings. The second-order valence-corrected chi connectivity index (χ2v) is 6.99. The minimum absolute atomic E-state index is 0.0215. The first-order chi connectivity index (χ1) is 10.7. The Hall–Kier alpha value is -1.88. The lowest BCUT2D eigenvalue weighted by molar-refractivity contribution is -0.144. The predicted molar refractivity (Wildman–Crippen MR) is 90.9 cm³/mol. The zero-order valence-corrected chi connectivity index (χ0v) is 14.8. The van der Waals surface area contributed by atoms with Crippen molar-refractivity contribution in [1.82, 2.24) is 10.6 Å². The fourth-order valence-corrected chi connectivity index (χ4v) is 2.26. The molecule has 2 atom stereocenters. The summed E-state index contributed by atoms with van der Waals surface area (Å²) in [7, 11) is 1.35. The molecule has 0 fully saturated rings. The van der Waals surface area contributed by atoms with E-state index in [1.807, 2.05) is 65.0 Å². The van der Waals surface area contributed by atoms with Crippen LogP contribution in [0.15, 0.2) is 30.3 Å². The smallest absolute Gasteiger partial charge is 0.327 e. The van der Waals surface area contributed by atoms with E-state index < -0.39 is 18.1 Å². The molecule has 0 spiro atoms. The van der Waals surface area contributed by atoms with E-state index in [4.69, 9.17) is 4.74 Å². The van der Waals surface area contributed by atoms with Crippen molar-refractivity contribution in [3.63, 3.8) is 0 Å². The molecule has 1 amide bonds. The molecule has 0 bridgehead atoms. The quantitative estimate of drug-likeness (QED) is 0.790. The van der Waals surface area contributed by atoms with Gasteiger partial charge in [-0.05, 0) is 32.3 Å². The van der Waals surface area contributed by atoms with Crippen LogP contribution in [0.3, 0.4) is 0 Å². The first-order valence-corrected chi connectivity index (χ1v) is 7.86. The van der Waals surface area contributed by atoms with E-state index >= 15 is 0 Å². The highest BCUT2D eigenvalue weighted by Gasteiger charge is 2.31. The van der Waals surface area contributed by atoms with Crippen LogP contribution in [0.1, 0.15) is 46.2 Å². The number of hydrogen-bond donors (Lipinski definition) is 2. The van der Waals surface area contributed by atoms with Gasteiger partial charge in [0.1, 0.15) is 6.04 Å². The lowest BCUT2D eigenvalue weighted by atomic mass is 9.98. The molecule has 0 radical (unpaired) electrons. The molecule has 2 N–H and O–H groups in total. The van der Waals surface area contributed by atoms with Gasteiger partial charge in [-0.2, -0.15) is 0 Å². The van der Waals surface area contributed by atoms with Crippen molar-refractivity contribution in [3.8, 4) is 0 Å². The summed E-state index contributed by atoms with van der Waals surface area (Å²) in [6.07, 6.45) is 0. The third kappa shape index (κ3) is 6.02. The molecule has 0 unspecified atom stereocenters. The van der Waals surface area contributed by atoms with Gasteiger partial charge in [-0.1, -0.05) is 44.2 Å². The maximum absolute atomic E-state index is 12.6. The lowest BCUT2D eigenvalue weighted by Crippen LogP contribution is -2.54. The Morgan fingerprint density at radius 2 is 1.65 bits per heavy atom. The summed E-state index contributed by atoms with van der Waals surface area (Å²) >= 11 is 0. The van der Waals surface area contributed by atoms with Crippen molar-refractivity contribution in [2.75, 3.05) is 7.11 Å². The monoisotopic (exact) mass is 320 g/mol. The van der Waals surface area contributed by atoms with Crippen LogP contribution in [0.4, 0.5) is 0 Å². The number of rotatable bonds is 6. The maximum atomic E-state index is 12.6. The van der Waals surface area contributed by atoms with Crippen molar-refractivity contribution in [2.45, 2.75) is 52.2 Å². The van der Waals surface area contributed by atoms with Crippen LogP contribution < -0.4 is 10.6 Å². The van der Waals surface area contributed by atoms with Gasteiger partial charge in [0.2, 0.25) is 5.91 Å². The number of nitrogens with one attached hydrogen (secondary N) is 2. The summed E-state index contributed by atoms with van der Waals surface area (Å²) in [5.74, 6) is -0.518. The molecule has 0 aliphatic heterocycles. The Labute approximate surface area is 138 Å². The minimum Gasteiger partial charge on any atom is -0.468 e. The van der Waals surface area contributed by atoms with Gasteiger partial charge < -0.3 is 10.1 Å². The molecule has 0 aliphatic rings. The van der Waals surface area contributed by atoms with E-state index in [-0.39, 0.29) is 17.4 Å². The Morgan fingerprint density at radius 3 is 2.09 bits per heavy atom. The molecule has 0 saturated carbocycles. The first kappa shape index (κ1) is 19.2. The number of benzene rings is 1. The molecule has 128 valence electrons. The van der Waals surface area contributed by atoms with Crippen LogP contribution in [0, 0.1) is 5.92 Å². The van der Waals surface area contributed by atoms with Crippen molar-refractivity contribution in [3.05, 3.63) is 35.9 Å². The van der Waals surface area contributed by atoms with Crippen LogP contribution in [0.25, 0.3) is 0 Å². The van der Waals surface area contributed by atoms with Crippen LogP contribution in [0.5, 0.6) is 0 Å². The van der Waals surface area contributed by atoms with Gasteiger partial charge in [0.05, 0.1) is 13.2 Å². The molecule has 5 heteroatoms. The zero-order valence-electron chi connectivity index (χ0n) is 14.8. The van der Waals surface area contributed by atoms with Gasteiger partial charge in [-0.15, -0.1) is 0 Å². The lowest BCUT2D eigenvalue weighted by Gasteiger charge is -2.30. The van der Waals surface area contributed by atoms with Gasteiger partial charge in [-0.3, -0.25) is 10.1 Å². The standard InChI is InChI=1S/C18H28N2O3/c1-12(2)14(16(21)20-18(3,4)5)19-15(17(22)23-6)13-10-8-7-9-11-13/h7-12,14-15,19H,1-6H3,(H,20,21)/t14-,15+/m0/s1. The van der Waals surface area contributed by atoms with Crippen LogP contribution >= 0.6 is 0 Å². The summed E-state index contributed by atoms with van der Waals surface area (Å²) in [6, 6.07) is 8.09. The second kappa shape index (κ2) is 8.11. The van der Waals surface area contributed by atoms with E-state index in [9.17, 15) is 9.59 Å². The van der Waals surface area contributed by atoms with E-state index in [0.29, 0.717) is 0 Å². The fourth-order valence-electron chi connectivity index (χ4n) is 2.26. The molecule has 1 aromatic carbocycles. The molecule has 0 heterocycles. The molecule has 0 saturated heterocycles. The van der Waals surface area contributed by atoms with E-state index in [1.165, 1.54) is 7.11 Å². The molecular formula is C18H28N2O3. The SMILES string of the molecule is COC(=O)[C@H](N[C@H](C(=O)NC(C)(C)C)C(C)C)c1ccccc1. The second-order valence-electron chi connectivity index (χ2n) is 6.99. The number of amides is 1. The number of carbonyl (C=O) groups excluding carboxylic acids is 2. The summed E-state index contributed by atoms with van der Waals surface area (Å²) < 4.78 is 4.89. The van der Waals surface area contributed by atoms with E-state index in [0.717, 1.165) is 5.56 Å². The Bertz CT molecular complexity index is 521. The molecular weight excluding hydrogens is 292 g/mol. The molecule has 0 aliphatic carbocycles. The topological polar surface area (TPSA) is 67.4 Å². The largest absolute Gasteiger partial charge is 0.468 e. The highest BCUT2D eigenvalue weighted by atomic mass is 16.5. The van der Waals surface area contributed by atoms with Crippen molar-refractivity contribution < 1.29 is 14.3 Å². The van der Waals surface area contributed by atoms with E-state index in [2.05, 4.69) is 10.6 Å². The third-order valence-corrected chi connectivity index (χ3v) is 3.36. The first-order valence-electron chi connectivity index (χ1n) is 7.86. The summed E-state index contributed by atoms with van der Waals surface area (Å²) in [5, 5.41) is 6.12. The average molecular weight is 320 g/mol. The van der Waals surface area contributed by atoms with Gasteiger partial charge in [0, 0.05) is 5.54 Å². The van der Waals surface area contributed by atoms with Crippen molar-refractivity contribution in [1.29, 1.82) is 0 Å². The molecule has 5 nitrogen and oxygen atoms in total. The number of ether oxygens (including phenoxy) is 1. The minimum atomic E-state index is -0.681. The summed E-state index contributed by atoms with van der Waals surface area (Å²) in [6.45, 7) is 9.67. The average Bonchev–Trinajstić information content (AvgIpc) is 2.46. The molecule has 1 rings (SSSR count). The molecule has 23 heavy (non-hydrogen) atoms. The van der Waals surface area contributed by atoms with Gasteiger partial charge in [0.25, 0.3) is 0 Å². The summed E-state index contributed by atoms with van der Waals surface area (Å²) in [5.41, 5.74) is 0.438.